The average Bonchev–Trinajstić information content (AvgIpc) is 3.40. The van der Waals surface area contributed by atoms with Crippen molar-refractivity contribution in [1.29, 1.82) is 0 Å². The predicted molar refractivity (Wildman–Crippen MR) is 114 cm³/mol. The van der Waals surface area contributed by atoms with Crippen molar-refractivity contribution in [3.8, 4) is 17.1 Å². The minimum absolute atomic E-state index is 0.516. The third-order valence-corrected chi connectivity index (χ3v) is 5.17. The first-order valence-corrected chi connectivity index (χ1v) is 10.1. The summed E-state index contributed by atoms with van der Waals surface area (Å²) in [4.78, 5) is 10.2. The van der Waals surface area contributed by atoms with Crippen LogP contribution in [0.5, 0.6) is 5.75 Å². The lowest BCUT2D eigenvalue weighted by atomic mass is 10.1. The largest absolute Gasteiger partial charge is 0.497 e. The van der Waals surface area contributed by atoms with Crippen LogP contribution in [0.4, 0.5) is 0 Å². The Morgan fingerprint density at radius 3 is 2.75 bits per heavy atom. The number of hydrogen-bond donors (Lipinski definition) is 3. The maximum Gasteiger partial charge on any atom is 0.191 e. The highest BCUT2D eigenvalue weighted by Crippen LogP contribution is 2.19. The van der Waals surface area contributed by atoms with Crippen LogP contribution in [-0.2, 0) is 13.0 Å². The van der Waals surface area contributed by atoms with Gasteiger partial charge in [0.25, 0.3) is 0 Å². The van der Waals surface area contributed by atoms with Crippen LogP contribution in [-0.4, -0.2) is 41.8 Å². The second-order valence-corrected chi connectivity index (χ2v) is 7.56. The molecule has 1 unspecified atom stereocenters. The summed E-state index contributed by atoms with van der Waals surface area (Å²) in [5.41, 5.74) is 0.938. The van der Waals surface area contributed by atoms with Crippen molar-refractivity contribution >= 4 is 17.3 Å². The van der Waals surface area contributed by atoms with Gasteiger partial charge in [-0.2, -0.15) is 5.10 Å². The molecule has 2 aromatic heterocycles. The third kappa shape index (κ3) is 5.56. The fourth-order valence-corrected chi connectivity index (χ4v) is 3.62. The van der Waals surface area contributed by atoms with Crippen molar-refractivity contribution < 1.29 is 4.74 Å². The molecule has 0 bridgehead atoms. The molecule has 0 aliphatic carbocycles. The smallest absolute Gasteiger partial charge is 0.191 e. The number of guanidine groups is 1. The first kappa shape index (κ1) is 19.9. The predicted octanol–water partition coefficient (Wildman–Crippen LogP) is 3.09. The maximum absolute atomic E-state index is 5.18. The summed E-state index contributed by atoms with van der Waals surface area (Å²) in [7, 11) is 3.41. The summed E-state index contributed by atoms with van der Waals surface area (Å²) in [6.07, 6.45) is 1.06. The normalized spacial score (nSPS) is 12.6. The number of benzene rings is 1. The van der Waals surface area contributed by atoms with Crippen molar-refractivity contribution in [3.05, 3.63) is 52.5 Å². The fraction of sp³-hybridized carbons (Fsp3) is 0.350. The Balaban J connectivity index is 1.47. The molecule has 1 atom stereocenters. The first-order valence-electron chi connectivity index (χ1n) is 9.20. The van der Waals surface area contributed by atoms with Crippen molar-refractivity contribution in [1.82, 2.24) is 25.8 Å². The molecule has 3 rings (SSSR count). The molecule has 3 aromatic rings. The van der Waals surface area contributed by atoms with Crippen molar-refractivity contribution in [3.63, 3.8) is 0 Å². The highest BCUT2D eigenvalue weighted by atomic mass is 32.1. The molecule has 0 amide bonds. The van der Waals surface area contributed by atoms with Gasteiger partial charge in [0.15, 0.2) is 11.8 Å². The second kappa shape index (κ2) is 9.89. The van der Waals surface area contributed by atoms with Crippen LogP contribution >= 0.6 is 11.3 Å². The number of aliphatic imine (C=N–C) groups is 1. The molecular formula is C20H26N6OS. The van der Waals surface area contributed by atoms with Crippen molar-refractivity contribution in [2.24, 2.45) is 10.9 Å². The summed E-state index contributed by atoms with van der Waals surface area (Å²) in [6, 6.07) is 11.9. The Morgan fingerprint density at radius 1 is 1.25 bits per heavy atom. The van der Waals surface area contributed by atoms with Crippen LogP contribution in [0.15, 0.2) is 46.8 Å². The summed E-state index contributed by atoms with van der Waals surface area (Å²) in [5, 5.41) is 16.0. The molecule has 8 heteroatoms. The number of aromatic amines is 1. The zero-order valence-electron chi connectivity index (χ0n) is 16.4. The van der Waals surface area contributed by atoms with Gasteiger partial charge in [0.1, 0.15) is 11.6 Å². The lowest BCUT2D eigenvalue weighted by Crippen LogP contribution is -2.39. The molecule has 2 heterocycles. The van der Waals surface area contributed by atoms with Gasteiger partial charge in [0.05, 0.1) is 13.7 Å². The number of ether oxygens (including phenoxy) is 1. The highest BCUT2D eigenvalue weighted by molar-refractivity contribution is 7.09. The Morgan fingerprint density at radius 2 is 2.07 bits per heavy atom. The number of H-pyrrole nitrogens is 1. The van der Waals surface area contributed by atoms with Gasteiger partial charge in [-0.05, 0) is 48.1 Å². The molecule has 1 aromatic carbocycles. The number of nitrogens with zero attached hydrogens (tertiary/aromatic N) is 3. The zero-order chi connectivity index (χ0) is 19.8. The molecule has 3 N–H and O–H groups in total. The summed E-state index contributed by atoms with van der Waals surface area (Å²) in [5.74, 6) is 3.49. The standard InChI is InChI=1S/C20H26N6OS/c1-14(11-17-5-4-10-28-17)12-22-20(21-2)23-13-18-24-19(26-25-18)15-6-8-16(27-3)9-7-15/h4-10,14H,11-13H2,1-3H3,(H2,21,22,23)(H,24,25,26). The van der Waals surface area contributed by atoms with Crippen LogP contribution in [0, 0.1) is 5.92 Å². The van der Waals surface area contributed by atoms with Gasteiger partial charge in [-0.1, -0.05) is 13.0 Å². The lowest BCUT2D eigenvalue weighted by Gasteiger charge is -2.15. The van der Waals surface area contributed by atoms with E-state index in [0.717, 1.165) is 36.1 Å². The Bertz CT molecular complexity index is 873. The van der Waals surface area contributed by atoms with E-state index < -0.39 is 0 Å². The monoisotopic (exact) mass is 398 g/mol. The van der Waals surface area contributed by atoms with Gasteiger partial charge in [0.2, 0.25) is 0 Å². The van der Waals surface area contributed by atoms with Crippen LogP contribution < -0.4 is 15.4 Å². The number of aromatic nitrogens is 3. The number of hydrogen-bond acceptors (Lipinski definition) is 5. The molecule has 148 valence electrons. The number of methoxy groups -OCH3 is 1. The molecule has 0 saturated heterocycles. The van der Waals surface area contributed by atoms with Gasteiger partial charge < -0.3 is 15.4 Å². The molecule has 0 saturated carbocycles. The van der Waals surface area contributed by atoms with E-state index in [-0.39, 0.29) is 0 Å². The second-order valence-electron chi connectivity index (χ2n) is 6.53. The van der Waals surface area contributed by atoms with E-state index in [4.69, 9.17) is 4.74 Å². The van der Waals surface area contributed by atoms with Crippen LogP contribution in [0.3, 0.4) is 0 Å². The summed E-state index contributed by atoms with van der Waals surface area (Å²) < 4.78 is 5.18. The van der Waals surface area contributed by atoms with Crippen molar-refractivity contribution in [2.45, 2.75) is 19.9 Å². The fourth-order valence-electron chi connectivity index (χ4n) is 2.75. The minimum atomic E-state index is 0.516. The average molecular weight is 399 g/mol. The lowest BCUT2D eigenvalue weighted by molar-refractivity contribution is 0.415. The van der Waals surface area contributed by atoms with Gasteiger partial charge in [0, 0.05) is 24.0 Å². The van der Waals surface area contributed by atoms with Crippen LogP contribution in [0.25, 0.3) is 11.4 Å². The third-order valence-electron chi connectivity index (χ3n) is 4.27. The Hall–Kier alpha value is -2.87. The molecular weight excluding hydrogens is 372 g/mol. The van der Waals surface area contributed by atoms with Gasteiger partial charge in [-0.15, -0.1) is 11.3 Å². The number of nitrogens with one attached hydrogen (secondary N) is 3. The molecule has 0 spiro atoms. The quantitative estimate of drug-likeness (QED) is 0.401. The number of rotatable bonds is 8. The summed E-state index contributed by atoms with van der Waals surface area (Å²) >= 11 is 1.80. The molecule has 0 radical (unpaired) electrons. The van der Waals surface area contributed by atoms with E-state index in [0.29, 0.717) is 18.3 Å². The maximum atomic E-state index is 5.18. The Labute approximate surface area is 169 Å². The van der Waals surface area contributed by atoms with E-state index in [9.17, 15) is 0 Å². The van der Waals surface area contributed by atoms with E-state index in [1.165, 1.54) is 4.88 Å². The van der Waals surface area contributed by atoms with E-state index in [1.807, 2.05) is 24.3 Å². The molecule has 7 nitrogen and oxygen atoms in total. The van der Waals surface area contributed by atoms with E-state index in [1.54, 1.807) is 25.5 Å². The van der Waals surface area contributed by atoms with Crippen molar-refractivity contribution in [2.75, 3.05) is 20.7 Å². The van der Waals surface area contributed by atoms with Gasteiger partial charge >= 0.3 is 0 Å². The number of thiophene rings is 1. The molecule has 0 fully saturated rings. The topological polar surface area (TPSA) is 87.2 Å². The van der Waals surface area contributed by atoms with Gasteiger partial charge in [-0.25, -0.2) is 4.98 Å². The first-order chi connectivity index (χ1) is 13.7. The Kier molecular flexibility index (Phi) is 7.02. The van der Waals surface area contributed by atoms with Crippen LogP contribution in [0.1, 0.15) is 17.6 Å². The highest BCUT2D eigenvalue weighted by Gasteiger charge is 2.09. The van der Waals surface area contributed by atoms with Gasteiger partial charge in [-0.3, -0.25) is 10.1 Å². The van der Waals surface area contributed by atoms with Crippen LogP contribution in [0.2, 0.25) is 0 Å². The SMILES string of the molecule is CN=C(NCc1nc(-c2ccc(OC)cc2)n[nH]1)NCC(C)Cc1cccs1. The van der Waals surface area contributed by atoms with E-state index in [2.05, 4.69) is 55.2 Å². The minimum Gasteiger partial charge on any atom is -0.497 e. The molecule has 0 aliphatic rings. The zero-order valence-corrected chi connectivity index (χ0v) is 17.2. The molecule has 28 heavy (non-hydrogen) atoms. The summed E-state index contributed by atoms with van der Waals surface area (Å²) in [6.45, 7) is 3.60. The molecule has 0 aliphatic heterocycles. The van der Waals surface area contributed by atoms with E-state index >= 15 is 0 Å².